The van der Waals surface area contributed by atoms with E-state index in [1.807, 2.05) is 30.3 Å². The average molecular weight is 438 g/mol. The summed E-state index contributed by atoms with van der Waals surface area (Å²) in [6.07, 6.45) is -3.09. The molecule has 170 valence electrons. The number of amides is 1. The van der Waals surface area contributed by atoms with Crippen molar-refractivity contribution in [3.8, 4) is 0 Å². The van der Waals surface area contributed by atoms with E-state index in [9.17, 15) is 18.0 Å². The van der Waals surface area contributed by atoms with Gasteiger partial charge in [-0.25, -0.2) is 4.79 Å². The number of hydrogen-bond acceptors (Lipinski definition) is 3. The van der Waals surface area contributed by atoms with E-state index in [1.165, 1.54) is 11.0 Å². The fraction of sp³-hybridized carbons (Fsp3) is 0.522. The molecule has 0 radical (unpaired) electrons. The molecule has 0 spiro atoms. The Morgan fingerprint density at radius 3 is 2.65 bits per heavy atom. The number of alkyl halides is 3. The number of aromatic nitrogens is 1. The van der Waals surface area contributed by atoms with Gasteiger partial charge in [-0.3, -0.25) is 0 Å². The number of nitrogens with zero attached hydrogens (tertiary/aromatic N) is 2. The molecule has 1 saturated heterocycles. The lowest BCUT2D eigenvalue weighted by Crippen LogP contribution is -2.40. The van der Waals surface area contributed by atoms with Gasteiger partial charge in [-0.1, -0.05) is 30.3 Å². The number of piperidine rings is 1. The maximum atomic E-state index is 13.8. The Bertz CT molecular complexity index is 865. The van der Waals surface area contributed by atoms with Gasteiger partial charge in [0.05, 0.1) is 5.56 Å². The summed E-state index contributed by atoms with van der Waals surface area (Å²) in [5.74, 6) is -0.397. The van der Waals surface area contributed by atoms with E-state index in [0.29, 0.717) is 44.7 Å². The van der Waals surface area contributed by atoms with Crippen molar-refractivity contribution in [1.29, 1.82) is 0 Å². The fourth-order valence-corrected chi connectivity index (χ4v) is 4.20. The minimum absolute atomic E-state index is 0.140. The number of carbonyl (C=O) groups is 1. The van der Waals surface area contributed by atoms with Gasteiger partial charge in [0.1, 0.15) is 6.61 Å². The first kappa shape index (κ1) is 23.2. The molecule has 0 bridgehead atoms. The molecule has 1 aromatic carbocycles. The van der Waals surface area contributed by atoms with E-state index in [1.54, 1.807) is 18.6 Å². The highest BCUT2D eigenvalue weighted by Crippen LogP contribution is 2.40. The van der Waals surface area contributed by atoms with Crippen LogP contribution in [0, 0.1) is 6.92 Å². The highest BCUT2D eigenvalue weighted by molar-refractivity contribution is 5.68. The number of likely N-dealkylation sites (tertiary alicyclic amines) is 1. The van der Waals surface area contributed by atoms with Gasteiger partial charge < -0.3 is 18.9 Å². The number of carbonyl (C=O) groups excluding carboxylic acids is 1. The second-order valence-corrected chi connectivity index (χ2v) is 7.91. The Hall–Kier alpha value is -2.48. The summed E-state index contributed by atoms with van der Waals surface area (Å²) in [6.45, 7) is 3.45. The van der Waals surface area contributed by atoms with Crippen LogP contribution in [0.4, 0.5) is 18.0 Å². The minimum atomic E-state index is -4.44. The van der Waals surface area contributed by atoms with Gasteiger partial charge in [-0.15, -0.1) is 0 Å². The molecule has 1 atom stereocenters. The summed E-state index contributed by atoms with van der Waals surface area (Å²) in [6, 6.07) is 10.5. The summed E-state index contributed by atoms with van der Waals surface area (Å²) in [7, 11) is 1.57. The van der Waals surface area contributed by atoms with Crippen molar-refractivity contribution in [3.63, 3.8) is 0 Å². The molecule has 0 saturated carbocycles. The molecule has 31 heavy (non-hydrogen) atoms. The van der Waals surface area contributed by atoms with Crippen LogP contribution in [0.25, 0.3) is 0 Å². The predicted octanol–water partition coefficient (Wildman–Crippen LogP) is 5.37. The van der Waals surface area contributed by atoms with E-state index in [2.05, 4.69) is 0 Å². The number of methoxy groups -OCH3 is 1. The van der Waals surface area contributed by atoms with Crippen molar-refractivity contribution >= 4 is 6.09 Å². The van der Waals surface area contributed by atoms with Gasteiger partial charge in [-0.2, -0.15) is 13.2 Å². The lowest BCUT2D eigenvalue weighted by atomic mass is 9.92. The number of halogens is 3. The second kappa shape index (κ2) is 10.2. The SMILES string of the molecule is COCCCn1c(C)cc(C(F)(F)F)c1[C@@H]1CCCN(C(=O)OCc2ccccc2)C1. The van der Waals surface area contributed by atoms with Crippen LogP contribution in [0.3, 0.4) is 0 Å². The molecule has 8 heteroatoms. The normalized spacial score (nSPS) is 17.1. The van der Waals surface area contributed by atoms with E-state index in [4.69, 9.17) is 9.47 Å². The van der Waals surface area contributed by atoms with Gasteiger partial charge >= 0.3 is 12.3 Å². The Balaban J connectivity index is 1.77. The molecule has 1 amide bonds. The highest BCUT2D eigenvalue weighted by Gasteiger charge is 2.40. The molecule has 1 aromatic heterocycles. The standard InChI is InChI=1S/C23H29F3N2O3/c1-17-14-20(23(24,25)26)21(28(17)12-7-13-30-2)19-10-6-11-27(15-19)22(29)31-16-18-8-4-3-5-9-18/h3-5,8-9,14,19H,6-7,10-13,15-16H2,1-2H3/t19-/m1/s1. The van der Waals surface area contributed by atoms with Crippen LogP contribution in [-0.2, 0) is 28.8 Å². The smallest absolute Gasteiger partial charge is 0.418 e. The second-order valence-electron chi connectivity index (χ2n) is 7.91. The summed E-state index contributed by atoms with van der Waals surface area (Å²) in [5.41, 5.74) is 1.10. The van der Waals surface area contributed by atoms with Crippen molar-refractivity contribution in [2.24, 2.45) is 0 Å². The Morgan fingerprint density at radius 1 is 1.23 bits per heavy atom. The van der Waals surface area contributed by atoms with Gasteiger partial charge in [0.2, 0.25) is 0 Å². The van der Waals surface area contributed by atoms with Crippen LogP contribution in [0.1, 0.15) is 47.7 Å². The van der Waals surface area contributed by atoms with Crippen molar-refractivity contribution < 1.29 is 27.4 Å². The lowest BCUT2D eigenvalue weighted by Gasteiger charge is -2.33. The Kier molecular flexibility index (Phi) is 7.64. The van der Waals surface area contributed by atoms with E-state index in [-0.39, 0.29) is 18.8 Å². The van der Waals surface area contributed by atoms with E-state index < -0.39 is 23.8 Å². The zero-order valence-corrected chi connectivity index (χ0v) is 18.0. The number of rotatable bonds is 7. The average Bonchev–Trinajstić information content (AvgIpc) is 3.10. The molecule has 1 aliphatic rings. The maximum Gasteiger partial charge on any atom is 0.418 e. The van der Waals surface area contributed by atoms with Crippen LogP contribution in [0.5, 0.6) is 0 Å². The molecule has 0 unspecified atom stereocenters. The summed E-state index contributed by atoms with van der Waals surface area (Å²) in [5, 5.41) is 0. The van der Waals surface area contributed by atoms with Crippen molar-refractivity contribution in [1.82, 2.24) is 9.47 Å². The van der Waals surface area contributed by atoms with Crippen molar-refractivity contribution in [3.05, 3.63) is 58.9 Å². The quantitative estimate of drug-likeness (QED) is 0.546. The molecule has 2 aromatic rings. The number of ether oxygens (including phenoxy) is 2. The number of hydrogen-bond donors (Lipinski definition) is 0. The molecule has 1 aliphatic heterocycles. The van der Waals surface area contributed by atoms with Gasteiger partial charge in [-0.05, 0) is 37.8 Å². The van der Waals surface area contributed by atoms with Gasteiger partial charge in [0.25, 0.3) is 0 Å². The molecule has 0 N–H and O–H groups in total. The topological polar surface area (TPSA) is 43.7 Å². The lowest BCUT2D eigenvalue weighted by molar-refractivity contribution is -0.138. The first-order valence-electron chi connectivity index (χ1n) is 10.5. The molecule has 5 nitrogen and oxygen atoms in total. The molecule has 0 aliphatic carbocycles. The van der Waals surface area contributed by atoms with E-state index >= 15 is 0 Å². The van der Waals surface area contributed by atoms with Crippen LogP contribution in [0.2, 0.25) is 0 Å². The predicted molar refractivity (Wildman–Crippen MR) is 111 cm³/mol. The van der Waals surface area contributed by atoms with Crippen molar-refractivity contribution in [2.75, 3.05) is 26.8 Å². The van der Waals surface area contributed by atoms with Gasteiger partial charge in [0.15, 0.2) is 0 Å². The number of aryl methyl sites for hydroxylation is 1. The van der Waals surface area contributed by atoms with Crippen LogP contribution in [-0.4, -0.2) is 42.4 Å². The molecular formula is C23H29F3N2O3. The summed E-state index contributed by atoms with van der Waals surface area (Å²) >= 11 is 0. The summed E-state index contributed by atoms with van der Waals surface area (Å²) in [4.78, 5) is 14.1. The molecular weight excluding hydrogens is 409 g/mol. The molecule has 2 heterocycles. The van der Waals surface area contributed by atoms with Gasteiger partial charge in [0, 0.05) is 50.7 Å². The third kappa shape index (κ3) is 5.81. The third-order valence-corrected chi connectivity index (χ3v) is 5.65. The Labute approximate surface area is 180 Å². The third-order valence-electron chi connectivity index (χ3n) is 5.65. The first-order chi connectivity index (χ1) is 14.8. The van der Waals surface area contributed by atoms with Crippen LogP contribution >= 0.6 is 0 Å². The number of benzene rings is 1. The zero-order chi connectivity index (χ0) is 22.4. The maximum absolute atomic E-state index is 13.8. The van der Waals surface area contributed by atoms with Crippen molar-refractivity contribution in [2.45, 2.75) is 51.4 Å². The minimum Gasteiger partial charge on any atom is -0.445 e. The molecule has 3 rings (SSSR count). The first-order valence-corrected chi connectivity index (χ1v) is 10.5. The fourth-order valence-electron chi connectivity index (χ4n) is 4.20. The largest absolute Gasteiger partial charge is 0.445 e. The zero-order valence-electron chi connectivity index (χ0n) is 18.0. The summed E-state index contributed by atoms with van der Waals surface area (Å²) < 4.78 is 53.6. The highest BCUT2D eigenvalue weighted by atomic mass is 19.4. The van der Waals surface area contributed by atoms with E-state index in [0.717, 1.165) is 5.56 Å². The van der Waals surface area contributed by atoms with Crippen LogP contribution in [0.15, 0.2) is 36.4 Å². The Morgan fingerprint density at radius 2 is 1.97 bits per heavy atom. The van der Waals surface area contributed by atoms with Crippen LogP contribution < -0.4 is 0 Å². The molecule has 1 fully saturated rings. The monoisotopic (exact) mass is 438 g/mol.